The highest BCUT2D eigenvalue weighted by Crippen LogP contribution is 2.31. The largest absolute Gasteiger partial charge is 0.389 e. The highest BCUT2D eigenvalue weighted by Gasteiger charge is 2.31. The molecular weight excluding hydrogens is 400 g/mol. The number of urea groups is 1. The SMILES string of the molecule is CC(CC(F)(F)F)c1ccc(NC(=O)N2CCN(c3ncccc3F)CC2C)cc1. The van der Waals surface area contributed by atoms with Crippen LogP contribution in [0, 0.1) is 5.82 Å². The number of hydrogen-bond acceptors (Lipinski definition) is 3. The van der Waals surface area contributed by atoms with Gasteiger partial charge in [-0.15, -0.1) is 0 Å². The Morgan fingerprint density at radius 3 is 2.53 bits per heavy atom. The van der Waals surface area contributed by atoms with Gasteiger partial charge in [-0.3, -0.25) is 0 Å². The number of rotatable bonds is 4. The minimum absolute atomic E-state index is 0.175. The summed E-state index contributed by atoms with van der Waals surface area (Å²) in [5.74, 6) is -0.787. The summed E-state index contributed by atoms with van der Waals surface area (Å²) in [4.78, 5) is 20.2. The molecule has 1 aromatic carbocycles. The molecule has 2 aromatic rings. The lowest BCUT2D eigenvalue weighted by Crippen LogP contribution is -2.55. The first-order chi connectivity index (χ1) is 14.1. The molecule has 0 aliphatic carbocycles. The Kier molecular flexibility index (Phi) is 6.48. The predicted octanol–water partition coefficient (Wildman–Crippen LogP) is 5.02. The Balaban J connectivity index is 1.58. The highest BCUT2D eigenvalue weighted by atomic mass is 19.4. The van der Waals surface area contributed by atoms with Crippen LogP contribution in [0.15, 0.2) is 42.6 Å². The van der Waals surface area contributed by atoms with Crippen LogP contribution >= 0.6 is 0 Å². The third-order valence-electron chi connectivity index (χ3n) is 5.20. The van der Waals surface area contributed by atoms with Crippen LogP contribution in [0.4, 0.5) is 33.9 Å². The molecule has 5 nitrogen and oxygen atoms in total. The zero-order valence-electron chi connectivity index (χ0n) is 16.8. The summed E-state index contributed by atoms with van der Waals surface area (Å²) >= 11 is 0. The number of hydrogen-bond donors (Lipinski definition) is 1. The van der Waals surface area contributed by atoms with Crippen LogP contribution in [0.3, 0.4) is 0 Å². The lowest BCUT2D eigenvalue weighted by Gasteiger charge is -2.40. The fourth-order valence-corrected chi connectivity index (χ4v) is 3.62. The number of amides is 2. The zero-order chi connectivity index (χ0) is 21.9. The summed E-state index contributed by atoms with van der Waals surface area (Å²) in [5, 5.41) is 2.78. The van der Waals surface area contributed by atoms with Crippen molar-refractivity contribution >= 4 is 17.5 Å². The molecule has 30 heavy (non-hydrogen) atoms. The summed E-state index contributed by atoms with van der Waals surface area (Å²) in [6.07, 6.45) is -3.58. The number of alkyl halides is 3. The van der Waals surface area contributed by atoms with Gasteiger partial charge < -0.3 is 15.1 Å². The molecule has 1 fully saturated rings. The van der Waals surface area contributed by atoms with Gasteiger partial charge in [0.15, 0.2) is 11.6 Å². The Morgan fingerprint density at radius 2 is 1.93 bits per heavy atom. The van der Waals surface area contributed by atoms with Crippen molar-refractivity contribution in [2.45, 2.75) is 38.4 Å². The fraction of sp³-hybridized carbons (Fsp3) is 0.429. The smallest absolute Gasteiger partial charge is 0.350 e. The predicted molar refractivity (Wildman–Crippen MR) is 107 cm³/mol. The van der Waals surface area contributed by atoms with Crippen molar-refractivity contribution in [2.75, 3.05) is 29.9 Å². The molecule has 9 heteroatoms. The van der Waals surface area contributed by atoms with Gasteiger partial charge >= 0.3 is 12.2 Å². The first-order valence-corrected chi connectivity index (χ1v) is 9.74. The van der Waals surface area contributed by atoms with Crippen LogP contribution in [-0.2, 0) is 0 Å². The van der Waals surface area contributed by atoms with Crippen molar-refractivity contribution in [3.05, 3.63) is 54.0 Å². The van der Waals surface area contributed by atoms with Crippen LogP contribution in [0.1, 0.15) is 31.7 Å². The van der Waals surface area contributed by atoms with Gasteiger partial charge in [0.05, 0.1) is 6.42 Å². The second-order valence-electron chi connectivity index (χ2n) is 7.57. The minimum atomic E-state index is -4.22. The van der Waals surface area contributed by atoms with E-state index in [2.05, 4.69) is 10.3 Å². The van der Waals surface area contributed by atoms with Gasteiger partial charge in [-0.05, 0) is 42.7 Å². The number of nitrogens with one attached hydrogen (secondary N) is 1. The molecule has 3 rings (SSSR count). The van der Waals surface area contributed by atoms with Crippen LogP contribution in [-0.4, -0.2) is 47.8 Å². The third-order valence-corrected chi connectivity index (χ3v) is 5.20. The lowest BCUT2D eigenvalue weighted by molar-refractivity contribution is -0.137. The Hall–Kier alpha value is -2.84. The maximum absolute atomic E-state index is 14.0. The Morgan fingerprint density at radius 1 is 1.23 bits per heavy atom. The first-order valence-electron chi connectivity index (χ1n) is 9.74. The number of nitrogens with zero attached hydrogens (tertiary/aromatic N) is 3. The monoisotopic (exact) mass is 424 g/mol. The molecule has 1 N–H and O–H groups in total. The van der Waals surface area contributed by atoms with Crippen molar-refractivity contribution in [2.24, 2.45) is 0 Å². The molecule has 0 radical (unpaired) electrons. The van der Waals surface area contributed by atoms with E-state index in [0.717, 1.165) is 0 Å². The van der Waals surface area contributed by atoms with Gasteiger partial charge in [0, 0.05) is 37.6 Å². The van der Waals surface area contributed by atoms with Gasteiger partial charge in [-0.2, -0.15) is 13.2 Å². The summed E-state index contributed by atoms with van der Waals surface area (Å²) in [6, 6.07) is 8.79. The molecule has 0 saturated carbocycles. The van der Waals surface area contributed by atoms with E-state index in [1.54, 1.807) is 34.1 Å². The van der Waals surface area contributed by atoms with E-state index in [-0.39, 0.29) is 17.9 Å². The molecule has 2 heterocycles. The zero-order valence-corrected chi connectivity index (χ0v) is 16.8. The Bertz CT molecular complexity index is 872. The first kappa shape index (κ1) is 21.9. The van der Waals surface area contributed by atoms with E-state index >= 15 is 0 Å². The van der Waals surface area contributed by atoms with E-state index in [9.17, 15) is 22.4 Å². The second-order valence-corrected chi connectivity index (χ2v) is 7.57. The standard InChI is InChI=1S/C21H24F4N4O/c1-14(12-21(23,24)25)16-5-7-17(8-6-16)27-20(30)29-11-10-28(13-15(29)2)19-18(22)4-3-9-26-19/h3-9,14-15H,10-13H2,1-2H3,(H,27,30). The quantitative estimate of drug-likeness (QED) is 0.702. The Labute approximate surface area is 172 Å². The van der Waals surface area contributed by atoms with Crippen molar-refractivity contribution in [1.82, 2.24) is 9.88 Å². The molecule has 2 amide bonds. The van der Waals surface area contributed by atoms with E-state index in [4.69, 9.17) is 0 Å². The number of benzene rings is 1. The molecule has 0 spiro atoms. The molecule has 1 aliphatic heterocycles. The average molecular weight is 424 g/mol. The lowest BCUT2D eigenvalue weighted by atomic mass is 9.97. The van der Waals surface area contributed by atoms with Gasteiger partial charge in [0.2, 0.25) is 0 Å². The molecule has 1 aliphatic rings. The number of anilines is 2. The van der Waals surface area contributed by atoms with Crippen molar-refractivity contribution in [3.8, 4) is 0 Å². The van der Waals surface area contributed by atoms with Crippen LogP contribution < -0.4 is 10.2 Å². The van der Waals surface area contributed by atoms with Crippen LogP contribution in [0.2, 0.25) is 0 Å². The van der Waals surface area contributed by atoms with E-state index in [0.29, 0.717) is 30.9 Å². The van der Waals surface area contributed by atoms with E-state index in [1.165, 1.54) is 25.3 Å². The molecule has 0 bridgehead atoms. The van der Waals surface area contributed by atoms with Gasteiger partial charge in [-0.25, -0.2) is 14.2 Å². The number of carbonyl (C=O) groups excluding carboxylic acids is 1. The summed E-state index contributed by atoms with van der Waals surface area (Å²) in [7, 11) is 0. The summed E-state index contributed by atoms with van der Waals surface area (Å²) < 4.78 is 51.6. The van der Waals surface area contributed by atoms with Crippen LogP contribution in [0.25, 0.3) is 0 Å². The molecule has 2 atom stereocenters. The topological polar surface area (TPSA) is 48.5 Å². The molecule has 1 aromatic heterocycles. The highest BCUT2D eigenvalue weighted by molar-refractivity contribution is 5.89. The minimum Gasteiger partial charge on any atom is -0.350 e. The van der Waals surface area contributed by atoms with Crippen LogP contribution in [0.5, 0.6) is 0 Å². The van der Waals surface area contributed by atoms with Crippen molar-refractivity contribution < 1.29 is 22.4 Å². The normalized spacial score (nSPS) is 18.3. The molecular formula is C21H24F4N4O. The fourth-order valence-electron chi connectivity index (χ4n) is 3.62. The second kappa shape index (κ2) is 8.89. The van der Waals surface area contributed by atoms with Gasteiger partial charge in [0.1, 0.15) is 0 Å². The number of carbonyl (C=O) groups is 1. The van der Waals surface area contributed by atoms with Gasteiger partial charge in [-0.1, -0.05) is 19.1 Å². The molecule has 2 unspecified atom stereocenters. The van der Waals surface area contributed by atoms with Crippen molar-refractivity contribution in [3.63, 3.8) is 0 Å². The van der Waals surface area contributed by atoms with E-state index < -0.39 is 24.3 Å². The third kappa shape index (κ3) is 5.40. The van der Waals surface area contributed by atoms with E-state index in [1.807, 2.05) is 6.92 Å². The van der Waals surface area contributed by atoms with Gasteiger partial charge in [0.25, 0.3) is 0 Å². The summed E-state index contributed by atoms with van der Waals surface area (Å²) in [6.45, 7) is 4.67. The molecule has 1 saturated heterocycles. The molecule has 162 valence electrons. The summed E-state index contributed by atoms with van der Waals surface area (Å²) in [5.41, 5.74) is 1.07. The number of piperazine rings is 1. The average Bonchev–Trinajstić information content (AvgIpc) is 2.67. The number of aromatic nitrogens is 1. The maximum atomic E-state index is 14.0. The van der Waals surface area contributed by atoms with Crippen molar-refractivity contribution in [1.29, 1.82) is 0 Å². The maximum Gasteiger partial charge on any atom is 0.389 e. The number of pyridine rings is 1. The number of halogens is 4.